The maximum atomic E-state index is 12.3. The molecule has 0 saturated carbocycles. The van der Waals surface area contributed by atoms with Gasteiger partial charge in [0.15, 0.2) is 5.17 Å². The predicted molar refractivity (Wildman–Crippen MR) is 111 cm³/mol. The van der Waals surface area contributed by atoms with Gasteiger partial charge < -0.3 is 14.2 Å². The van der Waals surface area contributed by atoms with Crippen LogP contribution in [0.15, 0.2) is 44.6 Å². The van der Waals surface area contributed by atoms with Gasteiger partial charge in [-0.1, -0.05) is 23.2 Å². The van der Waals surface area contributed by atoms with Crippen molar-refractivity contribution in [3.8, 4) is 11.3 Å². The minimum absolute atomic E-state index is 0.226. The van der Waals surface area contributed by atoms with Crippen LogP contribution in [0.3, 0.4) is 0 Å². The van der Waals surface area contributed by atoms with Crippen LogP contribution in [0.5, 0.6) is 0 Å². The number of hydrogen-bond donors (Lipinski definition) is 0. The Morgan fingerprint density at radius 2 is 1.93 bits per heavy atom. The lowest BCUT2D eigenvalue weighted by molar-refractivity contribution is -0.113. The summed E-state index contributed by atoms with van der Waals surface area (Å²) in [4.78, 5) is 21.5. The number of rotatable bonds is 2. The fourth-order valence-electron chi connectivity index (χ4n) is 2.92. The predicted octanol–water partition coefficient (Wildman–Crippen LogP) is 4.47. The highest BCUT2D eigenvalue weighted by Gasteiger charge is 2.28. The molecule has 2 aliphatic heterocycles. The number of likely N-dealkylation sites (N-methyl/N-ethyl adjacent to an activating group) is 1. The molecule has 0 spiro atoms. The first kappa shape index (κ1) is 18.6. The molecule has 140 valence electrons. The summed E-state index contributed by atoms with van der Waals surface area (Å²) in [5.74, 6) is 0.984. The first-order valence-electron chi connectivity index (χ1n) is 8.51. The fourth-order valence-corrected chi connectivity index (χ4v) is 4.37. The van der Waals surface area contributed by atoms with Crippen molar-refractivity contribution < 1.29 is 9.21 Å². The lowest BCUT2D eigenvalue weighted by atomic mass is 10.2. The maximum absolute atomic E-state index is 12.3. The van der Waals surface area contributed by atoms with Gasteiger partial charge >= 0.3 is 0 Å². The van der Waals surface area contributed by atoms with Crippen molar-refractivity contribution in [1.29, 1.82) is 0 Å². The summed E-state index contributed by atoms with van der Waals surface area (Å²) in [6.45, 7) is 3.69. The van der Waals surface area contributed by atoms with Crippen LogP contribution in [-0.2, 0) is 4.79 Å². The highest BCUT2D eigenvalue weighted by Crippen LogP contribution is 2.34. The number of amidine groups is 1. The Balaban J connectivity index is 1.50. The van der Waals surface area contributed by atoms with E-state index in [2.05, 4.69) is 21.8 Å². The van der Waals surface area contributed by atoms with Crippen LogP contribution in [-0.4, -0.2) is 54.1 Å². The van der Waals surface area contributed by atoms with Gasteiger partial charge in [0.25, 0.3) is 5.91 Å². The van der Waals surface area contributed by atoms with Crippen LogP contribution in [0, 0.1) is 0 Å². The molecular weight excluding hydrogens is 405 g/mol. The summed E-state index contributed by atoms with van der Waals surface area (Å²) in [5.41, 5.74) is 0.755. The lowest BCUT2D eigenvalue weighted by Gasteiger charge is -2.32. The Bertz CT molecular complexity index is 946. The minimum atomic E-state index is -0.226. The number of benzene rings is 1. The second-order valence-electron chi connectivity index (χ2n) is 6.43. The molecule has 1 fully saturated rings. The normalized spacial score (nSPS) is 19.8. The van der Waals surface area contributed by atoms with Gasteiger partial charge in [-0.3, -0.25) is 4.79 Å². The summed E-state index contributed by atoms with van der Waals surface area (Å²) in [6.07, 6.45) is 1.73. The van der Waals surface area contributed by atoms with E-state index < -0.39 is 0 Å². The molecule has 2 aliphatic rings. The third-order valence-corrected chi connectivity index (χ3v) is 6.07. The molecule has 0 bridgehead atoms. The largest absolute Gasteiger partial charge is 0.457 e. The van der Waals surface area contributed by atoms with Crippen molar-refractivity contribution in [2.24, 2.45) is 4.99 Å². The second kappa shape index (κ2) is 7.72. The van der Waals surface area contributed by atoms with E-state index in [4.69, 9.17) is 27.6 Å². The van der Waals surface area contributed by atoms with Gasteiger partial charge in [0, 0.05) is 42.8 Å². The van der Waals surface area contributed by atoms with Gasteiger partial charge in [0.05, 0.1) is 9.93 Å². The Hall–Kier alpha value is -1.73. The number of carbonyl (C=O) groups is 1. The Labute approximate surface area is 171 Å². The van der Waals surface area contributed by atoms with E-state index in [1.54, 1.807) is 18.2 Å². The molecule has 5 nitrogen and oxygen atoms in total. The summed E-state index contributed by atoms with van der Waals surface area (Å²) in [6, 6.07) is 8.88. The molecule has 0 N–H and O–H groups in total. The smallest absolute Gasteiger partial charge is 0.286 e. The Morgan fingerprint density at radius 3 is 2.67 bits per heavy atom. The molecule has 8 heteroatoms. The second-order valence-corrected chi connectivity index (χ2v) is 8.28. The van der Waals surface area contributed by atoms with Crippen LogP contribution in [0.2, 0.25) is 10.0 Å². The molecule has 0 radical (unpaired) electrons. The van der Waals surface area contributed by atoms with E-state index in [-0.39, 0.29) is 5.91 Å². The number of piperazine rings is 1. The summed E-state index contributed by atoms with van der Waals surface area (Å²) >= 11 is 13.6. The number of furan rings is 1. The van der Waals surface area contributed by atoms with E-state index in [0.29, 0.717) is 26.5 Å². The number of carbonyl (C=O) groups excluding carboxylic acids is 1. The topological polar surface area (TPSA) is 49.0 Å². The zero-order valence-corrected chi connectivity index (χ0v) is 16.9. The van der Waals surface area contributed by atoms with Gasteiger partial charge in [-0.05, 0) is 49.1 Å². The number of nitrogens with zero attached hydrogens (tertiary/aromatic N) is 3. The first-order valence-corrected chi connectivity index (χ1v) is 10.1. The molecule has 2 aromatic rings. The van der Waals surface area contributed by atoms with E-state index in [1.807, 2.05) is 18.2 Å². The third-order valence-electron chi connectivity index (χ3n) is 4.48. The van der Waals surface area contributed by atoms with E-state index in [0.717, 1.165) is 36.9 Å². The Kier molecular flexibility index (Phi) is 5.32. The van der Waals surface area contributed by atoms with Crippen LogP contribution in [0.25, 0.3) is 17.4 Å². The van der Waals surface area contributed by atoms with Crippen molar-refractivity contribution in [1.82, 2.24) is 9.80 Å². The highest BCUT2D eigenvalue weighted by molar-refractivity contribution is 8.18. The van der Waals surface area contributed by atoms with E-state index >= 15 is 0 Å². The quantitative estimate of drug-likeness (QED) is 0.669. The van der Waals surface area contributed by atoms with Crippen LogP contribution in [0.1, 0.15) is 5.76 Å². The minimum Gasteiger partial charge on any atom is -0.457 e. The number of halogens is 2. The molecule has 0 aliphatic carbocycles. The average molecular weight is 422 g/mol. The van der Waals surface area contributed by atoms with Gasteiger partial charge in [-0.2, -0.15) is 4.99 Å². The number of hydrogen-bond acceptors (Lipinski definition) is 5. The molecule has 4 rings (SSSR count). The number of aliphatic imine (C=N–C) groups is 1. The third kappa shape index (κ3) is 4.09. The molecule has 0 unspecified atom stereocenters. The zero-order chi connectivity index (χ0) is 19.0. The first-order chi connectivity index (χ1) is 13.0. The molecule has 1 aromatic carbocycles. The summed E-state index contributed by atoms with van der Waals surface area (Å²) < 4.78 is 5.85. The van der Waals surface area contributed by atoms with E-state index in [9.17, 15) is 4.79 Å². The maximum Gasteiger partial charge on any atom is 0.286 e. The molecule has 27 heavy (non-hydrogen) atoms. The van der Waals surface area contributed by atoms with Crippen LogP contribution >= 0.6 is 35.0 Å². The number of amides is 1. The van der Waals surface area contributed by atoms with Gasteiger partial charge in [0.1, 0.15) is 11.5 Å². The SMILES string of the molecule is CN1CCN(C2=NC(=O)C(=Cc3ccc(-c4ccc(Cl)cc4Cl)o3)S2)CC1. The van der Waals surface area contributed by atoms with Gasteiger partial charge in [0.2, 0.25) is 0 Å². The molecule has 3 heterocycles. The zero-order valence-electron chi connectivity index (χ0n) is 14.6. The highest BCUT2D eigenvalue weighted by atomic mass is 35.5. The molecule has 1 saturated heterocycles. The Morgan fingerprint density at radius 1 is 1.15 bits per heavy atom. The van der Waals surface area contributed by atoms with Gasteiger partial charge in [-0.25, -0.2) is 0 Å². The monoisotopic (exact) mass is 421 g/mol. The molecular formula is C19H17Cl2N3O2S. The molecule has 1 aromatic heterocycles. The van der Waals surface area contributed by atoms with Crippen molar-refractivity contribution in [3.05, 3.63) is 51.0 Å². The van der Waals surface area contributed by atoms with Crippen molar-refractivity contribution in [2.45, 2.75) is 0 Å². The summed E-state index contributed by atoms with van der Waals surface area (Å²) in [5, 5.41) is 1.86. The van der Waals surface area contributed by atoms with Crippen molar-refractivity contribution in [2.75, 3.05) is 33.2 Å². The number of thioether (sulfide) groups is 1. The fraction of sp³-hybridized carbons (Fsp3) is 0.263. The van der Waals surface area contributed by atoms with Crippen molar-refractivity contribution in [3.63, 3.8) is 0 Å². The standard InChI is InChI=1S/C19H17Cl2N3O2S/c1-23-6-8-24(9-7-23)19-22-18(25)17(27-19)11-13-3-5-16(26-13)14-4-2-12(20)10-15(14)21/h2-5,10-11H,6-9H2,1H3. The average Bonchev–Trinajstić information content (AvgIpc) is 3.23. The van der Waals surface area contributed by atoms with Crippen LogP contribution < -0.4 is 0 Å². The van der Waals surface area contributed by atoms with Crippen molar-refractivity contribution >= 4 is 52.1 Å². The molecule has 0 atom stereocenters. The molecule has 1 amide bonds. The van der Waals surface area contributed by atoms with Crippen LogP contribution in [0.4, 0.5) is 0 Å². The van der Waals surface area contributed by atoms with E-state index in [1.165, 1.54) is 11.8 Å². The lowest BCUT2D eigenvalue weighted by Crippen LogP contribution is -2.46. The van der Waals surface area contributed by atoms with Gasteiger partial charge in [-0.15, -0.1) is 0 Å². The summed E-state index contributed by atoms with van der Waals surface area (Å²) in [7, 11) is 2.10.